The minimum absolute atomic E-state index is 0.158. The van der Waals surface area contributed by atoms with Gasteiger partial charge in [0.25, 0.3) is 0 Å². The molecule has 0 saturated heterocycles. The third-order valence-electron chi connectivity index (χ3n) is 4.68. The molecule has 2 aliphatic rings. The smallest absolute Gasteiger partial charge is 0.307 e. The van der Waals surface area contributed by atoms with Gasteiger partial charge in [0.15, 0.2) is 0 Å². The van der Waals surface area contributed by atoms with Gasteiger partial charge in [-0.2, -0.15) is 0 Å². The Balaban J connectivity index is 1.65. The summed E-state index contributed by atoms with van der Waals surface area (Å²) in [7, 11) is 0. The molecule has 0 radical (unpaired) electrons. The van der Waals surface area contributed by atoms with E-state index in [1.807, 2.05) is 13.8 Å². The molecule has 0 aromatic rings. The number of carboxylic acid groups (broad SMARTS) is 1. The third kappa shape index (κ3) is 3.32. The SMILES string of the molecule is CC1(C)[C@H](C(=O)O)[C@@H]1C(=O)NCCOC1CCCCC1. The van der Waals surface area contributed by atoms with Crippen molar-refractivity contribution in [1.29, 1.82) is 0 Å². The summed E-state index contributed by atoms with van der Waals surface area (Å²) in [6, 6.07) is 0. The monoisotopic (exact) mass is 283 g/mol. The summed E-state index contributed by atoms with van der Waals surface area (Å²) in [4.78, 5) is 23.0. The van der Waals surface area contributed by atoms with E-state index in [-0.39, 0.29) is 5.91 Å². The Hall–Kier alpha value is -1.10. The number of aliphatic carboxylic acids is 1. The van der Waals surface area contributed by atoms with Crippen molar-refractivity contribution in [3.05, 3.63) is 0 Å². The van der Waals surface area contributed by atoms with Gasteiger partial charge in [-0.25, -0.2) is 0 Å². The van der Waals surface area contributed by atoms with E-state index in [1.54, 1.807) is 0 Å². The molecule has 1 amide bonds. The molecule has 0 aromatic heterocycles. The number of hydrogen-bond donors (Lipinski definition) is 2. The molecule has 0 aliphatic heterocycles. The number of amides is 1. The molecule has 0 unspecified atom stereocenters. The van der Waals surface area contributed by atoms with Gasteiger partial charge in [-0.1, -0.05) is 33.1 Å². The van der Waals surface area contributed by atoms with E-state index in [1.165, 1.54) is 19.3 Å². The van der Waals surface area contributed by atoms with Crippen LogP contribution >= 0.6 is 0 Å². The Bertz CT molecular complexity index is 374. The molecular formula is C15H25NO4. The summed E-state index contributed by atoms with van der Waals surface area (Å²) < 4.78 is 5.73. The zero-order valence-electron chi connectivity index (χ0n) is 12.4. The van der Waals surface area contributed by atoms with Gasteiger partial charge in [-0.15, -0.1) is 0 Å². The lowest BCUT2D eigenvalue weighted by Crippen LogP contribution is -2.31. The maximum atomic E-state index is 12.0. The van der Waals surface area contributed by atoms with Crippen LogP contribution in [0, 0.1) is 17.3 Å². The average molecular weight is 283 g/mol. The molecule has 20 heavy (non-hydrogen) atoms. The second-order valence-electron chi connectivity index (χ2n) is 6.54. The number of rotatable bonds is 6. The first-order valence-corrected chi connectivity index (χ1v) is 7.56. The van der Waals surface area contributed by atoms with Crippen LogP contribution in [0.4, 0.5) is 0 Å². The highest BCUT2D eigenvalue weighted by molar-refractivity contribution is 5.91. The summed E-state index contributed by atoms with van der Waals surface area (Å²) in [6.07, 6.45) is 6.32. The number of carbonyl (C=O) groups excluding carboxylic acids is 1. The Kier molecular flexibility index (Phi) is 4.68. The van der Waals surface area contributed by atoms with Crippen molar-refractivity contribution >= 4 is 11.9 Å². The van der Waals surface area contributed by atoms with Gasteiger partial charge in [0.1, 0.15) is 0 Å². The van der Waals surface area contributed by atoms with E-state index >= 15 is 0 Å². The standard InChI is InChI=1S/C15H25NO4/c1-15(2)11(12(15)14(18)19)13(17)16-8-9-20-10-6-4-3-5-7-10/h10-12H,3-9H2,1-2H3,(H,16,17)(H,18,19)/t11-,12+/m1/s1. The molecule has 2 aliphatic carbocycles. The van der Waals surface area contributed by atoms with Crippen molar-refractivity contribution in [2.24, 2.45) is 17.3 Å². The van der Waals surface area contributed by atoms with E-state index < -0.39 is 23.2 Å². The Morgan fingerprint density at radius 1 is 1.20 bits per heavy atom. The Morgan fingerprint density at radius 3 is 2.40 bits per heavy atom. The van der Waals surface area contributed by atoms with Crippen molar-refractivity contribution in [3.63, 3.8) is 0 Å². The summed E-state index contributed by atoms with van der Waals surface area (Å²) in [5, 5.41) is 11.8. The molecule has 0 heterocycles. The van der Waals surface area contributed by atoms with Crippen LogP contribution in [-0.4, -0.2) is 36.2 Å². The van der Waals surface area contributed by atoms with Gasteiger partial charge >= 0.3 is 5.97 Å². The molecule has 0 spiro atoms. The van der Waals surface area contributed by atoms with Crippen LogP contribution in [0.25, 0.3) is 0 Å². The fourth-order valence-electron chi connectivity index (χ4n) is 3.33. The number of carboxylic acids is 1. The molecule has 5 heteroatoms. The van der Waals surface area contributed by atoms with Gasteiger partial charge in [-0.05, 0) is 18.3 Å². The summed E-state index contributed by atoms with van der Waals surface area (Å²) in [5.74, 6) is -2.00. The molecule has 5 nitrogen and oxygen atoms in total. The normalized spacial score (nSPS) is 28.9. The number of ether oxygens (including phenoxy) is 1. The highest BCUT2D eigenvalue weighted by atomic mass is 16.5. The number of carbonyl (C=O) groups is 2. The van der Waals surface area contributed by atoms with E-state index in [9.17, 15) is 9.59 Å². The lowest BCUT2D eigenvalue weighted by molar-refractivity contribution is -0.140. The fourth-order valence-corrected chi connectivity index (χ4v) is 3.33. The predicted molar refractivity (Wildman–Crippen MR) is 74.2 cm³/mol. The first kappa shape index (κ1) is 15.3. The predicted octanol–water partition coefficient (Wildman–Crippen LogP) is 1.81. The zero-order valence-corrected chi connectivity index (χ0v) is 12.4. The lowest BCUT2D eigenvalue weighted by atomic mass is 9.98. The van der Waals surface area contributed by atoms with E-state index in [2.05, 4.69) is 5.32 Å². The molecule has 114 valence electrons. The minimum atomic E-state index is -0.881. The average Bonchev–Trinajstić information content (AvgIpc) is 2.99. The molecule has 2 atom stereocenters. The minimum Gasteiger partial charge on any atom is -0.481 e. The quantitative estimate of drug-likeness (QED) is 0.729. The second kappa shape index (κ2) is 6.12. The van der Waals surface area contributed by atoms with Gasteiger partial charge in [0.05, 0.1) is 24.5 Å². The van der Waals surface area contributed by atoms with E-state index in [4.69, 9.17) is 9.84 Å². The van der Waals surface area contributed by atoms with Crippen molar-refractivity contribution in [2.45, 2.75) is 52.1 Å². The summed E-state index contributed by atoms with van der Waals surface area (Å²) in [6.45, 7) is 4.64. The molecular weight excluding hydrogens is 258 g/mol. The highest BCUT2D eigenvalue weighted by Gasteiger charge is 2.65. The first-order valence-electron chi connectivity index (χ1n) is 7.56. The van der Waals surface area contributed by atoms with Crippen molar-refractivity contribution in [2.75, 3.05) is 13.2 Å². The maximum Gasteiger partial charge on any atom is 0.307 e. The van der Waals surface area contributed by atoms with Crippen LogP contribution in [0.15, 0.2) is 0 Å². The molecule has 0 bridgehead atoms. The molecule has 2 saturated carbocycles. The molecule has 2 rings (SSSR count). The molecule has 2 fully saturated rings. The van der Waals surface area contributed by atoms with Crippen LogP contribution in [0.1, 0.15) is 46.0 Å². The second-order valence-corrected chi connectivity index (χ2v) is 6.54. The Morgan fingerprint density at radius 2 is 1.85 bits per heavy atom. The number of nitrogens with one attached hydrogen (secondary N) is 1. The van der Waals surface area contributed by atoms with Crippen molar-refractivity contribution < 1.29 is 19.4 Å². The van der Waals surface area contributed by atoms with Gasteiger partial charge in [0.2, 0.25) is 5.91 Å². The summed E-state index contributed by atoms with van der Waals surface area (Å²) >= 11 is 0. The van der Waals surface area contributed by atoms with Crippen LogP contribution in [0.3, 0.4) is 0 Å². The number of hydrogen-bond acceptors (Lipinski definition) is 3. The van der Waals surface area contributed by atoms with Gasteiger partial charge in [0, 0.05) is 6.54 Å². The Labute approximate surface area is 120 Å². The van der Waals surface area contributed by atoms with Crippen LogP contribution in [0.2, 0.25) is 0 Å². The van der Waals surface area contributed by atoms with Gasteiger partial charge < -0.3 is 15.2 Å². The fraction of sp³-hybridized carbons (Fsp3) is 0.867. The van der Waals surface area contributed by atoms with E-state index in [0.29, 0.717) is 19.3 Å². The van der Waals surface area contributed by atoms with Crippen LogP contribution in [0.5, 0.6) is 0 Å². The zero-order chi connectivity index (χ0) is 14.8. The molecule has 2 N–H and O–H groups in total. The maximum absolute atomic E-state index is 12.0. The topological polar surface area (TPSA) is 75.6 Å². The van der Waals surface area contributed by atoms with Crippen LogP contribution in [-0.2, 0) is 14.3 Å². The van der Waals surface area contributed by atoms with Crippen molar-refractivity contribution in [1.82, 2.24) is 5.32 Å². The van der Waals surface area contributed by atoms with Crippen molar-refractivity contribution in [3.8, 4) is 0 Å². The summed E-state index contributed by atoms with van der Waals surface area (Å²) in [5.41, 5.74) is -0.430. The largest absolute Gasteiger partial charge is 0.481 e. The molecule has 0 aromatic carbocycles. The first-order chi connectivity index (χ1) is 9.44. The van der Waals surface area contributed by atoms with Crippen LogP contribution < -0.4 is 5.32 Å². The lowest BCUT2D eigenvalue weighted by Gasteiger charge is -2.22. The van der Waals surface area contributed by atoms with E-state index in [0.717, 1.165) is 12.8 Å². The highest BCUT2D eigenvalue weighted by Crippen LogP contribution is 2.58. The third-order valence-corrected chi connectivity index (χ3v) is 4.68. The van der Waals surface area contributed by atoms with Gasteiger partial charge in [-0.3, -0.25) is 9.59 Å².